The third-order valence-electron chi connectivity index (χ3n) is 2.48. The van der Waals surface area contributed by atoms with Crippen LogP contribution in [0.4, 0.5) is 0 Å². The van der Waals surface area contributed by atoms with Gasteiger partial charge in [0.1, 0.15) is 0 Å². The van der Waals surface area contributed by atoms with Crippen molar-refractivity contribution in [2.45, 2.75) is 38.8 Å². The van der Waals surface area contributed by atoms with Crippen molar-refractivity contribution >= 4 is 5.91 Å². The molecule has 1 atom stereocenters. The number of carbonyl (C=O) groups excluding carboxylic acids is 1. The van der Waals surface area contributed by atoms with E-state index >= 15 is 0 Å². The van der Waals surface area contributed by atoms with E-state index in [4.69, 9.17) is 0 Å². The van der Waals surface area contributed by atoms with Gasteiger partial charge in [-0.05, 0) is 32.6 Å². The summed E-state index contributed by atoms with van der Waals surface area (Å²) < 4.78 is 0. The third kappa shape index (κ3) is 1.19. The minimum absolute atomic E-state index is 0.106. The van der Waals surface area contributed by atoms with Crippen LogP contribution in [0.3, 0.4) is 0 Å². The second kappa shape index (κ2) is 2.81. The van der Waals surface area contributed by atoms with Crippen molar-refractivity contribution in [1.29, 1.82) is 0 Å². The van der Waals surface area contributed by atoms with Crippen molar-refractivity contribution in [3.63, 3.8) is 0 Å². The second-order valence-electron chi connectivity index (χ2n) is 3.50. The van der Waals surface area contributed by atoms with Crippen molar-refractivity contribution in [3.05, 3.63) is 11.3 Å². The molecule has 2 rings (SSSR count). The highest BCUT2D eigenvalue weighted by molar-refractivity contribution is 5.95. The van der Waals surface area contributed by atoms with Crippen molar-refractivity contribution < 1.29 is 4.79 Å². The molecule has 3 heteroatoms. The van der Waals surface area contributed by atoms with Gasteiger partial charge in [0.25, 0.3) is 5.91 Å². The van der Waals surface area contributed by atoms with Crippen LogP contribution >= 0.6 is 0 Å². The van der Waals surface area contributed by atoms with Crippen LogP contribution in [0.2, 0.25) is 0 Å². The number of allylic oxidation sites excluding steroid dienone is 1. The maximum atomic E-state index is 11.4. The molecule has 0 aromatic heterocycles. The summed E-state index contributed by atoms with van der Waals surface area (Å²) >= 11 is 0. The smallest absolute Gasteiger partial charge is 0.250 e. The molecule has 0 bridgehead atoms. The number of rotatable bonds is 0. The summed E-state index contributed by atoms with van der Waals surface area (Å²) in [5.74, 6) is 0.135. The molecule has 1 aliphatic heterocycles. The third-order valence-corrected chi connectivity index (χ3v) is 2.48. The first-order valence-electron chi connectivity index (χ1n) is 4.57. The summed E-state index contributed by atoms with van der Waals surface area (Å²) in [4.78, 5) is 11.4. The Morgan fingerprint density at radius 3 is 2.83 bits per heavy atom. The molecule has 1 heterocycles. The van der Waals surface area contributed by atoms with Gasteiger partial charge in [0, 0.05) is 11.3 Å². The molecule has 1 unspecified atom stereocenters. The van der Waals surface area contributed by atoms with Crippen LogP contribution < -0.4 is 10.6 Å². The average molecular weight is 166 g/mol. The van der Waals surface area contributed by atoms with E-state index in [1.165, 1.54) is 12.1 Å². The Morgan fingerprint density at radius 1 is 1.25 bits per heavy atom. The first-order chi connectivity index (χ1) is 5.77. The van der Waals surface area contributed by atoms with Crippen LogP contribution in [-0.4, -0.2) is 12.1 Å². The van der Waals surface area contributed by atoms with Crippen molar-refractivity contribution in [1.82, 2.24) is 10.6 Å². The molecule has 66 valence electrons. The summed E-state index contributed by atoms with van der Waals surface area (Å²) in [5, 5.41) is 6.17. The zero-order valence-electron chi connectivity index (χ0n) is 7.31. The van der Waals surface area contributed by atoms with Crippen LogP contribution in [0, 0.1) is 0 Å². The van der Waals surface area contributed by atoms with Crippen LogP contribution in [0.25, 0.3) is 0 Å². The van der Waals surface area contributed by atoms with Crippen LogP contribution in [0.15, 0.2) is 11.3 Å². The summed E-state index contributed by atoms with van der Waals surface area (Å²) in [5.41, 5.74) is 2.16. The van der Waals surface area contributed by atoms with Gasteiger partial charge in [-0.3, -0.25) is 4.79 Å². The maximum Gasteiger partial charge on any atom is 0.250 e. The first-order valence-corrected chi connectivity index (χ1v) is 4.57. The van der Waals surface area contributed by atoms with E-state index in [0.29, 0.717) is 0 Å². The fourth-order valence-electron chi connectivity index (χ4n) is 1.90. The molecule has 0 aromatic rings. The molecule has 0 saturated heterocycles. The quantitative estimate of drug-likeness (QED) is 0.561. The number of amides is 1. The molecular weight excluding hydrogens is 152 g/mol. The van der Waals surface area contributed by atoms with Gasteiger partial charge in [0.05, 0.1) is 6.17 Å². The summed E-state index contributed by atoms with van der Waals surface area (Å²) in [6.45, 7) is 1.97. The topological polar surface area (TPSA) is 41.1 Å². The van der Waals surface area contributed by atoms with E-state index < -0.39 is 0 Å². The fourth-order valence-corrected chi connectivity index (χ4v) is 1.90. The zero-order chi connectivity index (χ0) is 8.55. The second-order valence-corrected chi connectivity index (χ2v) is 3.50. The Bertz CT molecular complexity index is 245. The van der Waals surface area contributed by atoms with E-state index in [0.717, 1.165) is 24.8 Å². The van der Waals surface area contributed by atoms with Crippen LogP contribution in [0.1, 0.15) is 32.6 Å². The molecule has 1 amide bonds. The highest BCUT2D eigenvalue weighted by Crippen LogP contribution is 2.25. The number of hydrogen-bond donors (Lipinski definition) is 2. The average Bonchev–Trinajstić information content (AvgIpc) is 2.04. The Balaban J connectivity index is 2.26. The highest BCUT2D eigenvalue weighted by atomic mass is 16.2. The van der Waals surface area contributed by atoms with E-state index in [9.17, 15) is 4.79 Å². The van der Waals surface area contributed by atoms with E-state index in [1.54, 1.807) is 0 Å². The van der Waals surface area contributed by atoms with Gasteiger partial charge >= 0.3 is 0 Å². The van der Waals surface area contributed by atoms with E-state index in [-0.39, 0.29) is 12.1 Å². The maximum absolute atomic E-state index is 11.4. The zero-order valence-corrected chi connectivity index (χ0v) is 7.31. The molecule has 2 N–H and O–H groups in total. The SMILES string of the molecule is CC1NC(=O)C2=C(CCCC2)N1. The monoisotopic (exact) mass is 166 g/mol. The normalized spacial score (nSPS) is 29.1. The standard InChI is InChI=1S/C9H14N2O/c1-6-10-8-5-3-2-4-7(8)9(12)11-6/h6,10H,2-5H2,1H3,(H,11,12). The largest absolute Gasteiger partial charge is 0.368 e. The molecule has 0 spiro atoms. The molecule has 0 fully saturated rings. The van der Waals surface area contributed by atoms with Crippen LogP contribution in [0.5, 0.6) is 0 Å². The Kier molecular flexibility index (Phi) is 1.79. The van der Waals surface area contributed by atoms with Gasteiger partial charge in [0.15, 0.2) is 0 Å². The molecule has 0 aromatic carbocycles. The van der Waals surface area contributed by atoms with Gasteiger partial charge in [-0.1, -0.05) is 0 Å². The molecule has 12 heavy (non-hydrogen) atoms. The lowest BCUT2D eigenvalue weighted by Gasteiger charge is -2.30. The lowest BCUT2D eigenvalue weighted by molar-refractivity contribution is -0.119. The lowest BCUT2D eigenvalue weighted by Crippen LogP contribution is -2.49. The van der Waals surface area contributed by atoms with Crippen molar-refractivity contribution in [2.24, 2.45) is 0 Å². The predicted molar refractivity (Wildman–Crippen MR) is 46.2 cm³/mol. The molecule has 1 aliphatic carbocycles. The number of carbonyl (C=O) groups is 1. The minimum atomic E-state index is 0.106. The summed E-state index contributed by atoms with van der Waals surface area (Å²) in [6, 6.07) is 0. The van der Waals surface area contributed by atoms with Gasteiger partial charge in [0.2, 0.25) is 0 Å². The van der Waals surface area contributed by atoms with Gasteiger partial charge in [-0.2, -0.15) is 0 Å². The summed E-state index contributed by atoms with van der Waals surface area (Å²) in [6.07, 6.45) is 4.47. The van der Waals surface area contributed by atoms with Crippen molar-refractivity contribution in [2.75, 3.05) is 0 Å². The fraction of sp³-hybridized carbons (Fsp3) is 0.667. The lowest BCUT2D eigenvalue weighted by atomic mass is 9.94. The molecular formula is C9H14N2O. The molecule has 0 saturated carbocycles. The van der Waals surface area contributed by atoms with Gasteiger partial charge in [-0.25, -0.2) is 0 Å². The summed E-state index contributed by atoms with van der Waals surface area (Å²) in [7, 11) is 0. The minimum Gasteiger partial charge on any atom is -0.368 e. The van der Waals surface area contributed by atoms with Gasteiger partial charge in [-0.15, -0.1) is 0 Å². The van der Waals surface area contributed by atoms with E-state index in [2.05, 4.69) is 10.6 Å². The Hall–Kier alpha value is -0.990. The molecule has 2 aliphatic rings. The molecule has 0 radical (unpaired) electrons. The number of hydrogen-bond acceptors (Lipinski definition) is 2. The van der Waals surface area contributed by atoms with Crippen molar-refractivity contribution in [3.8, 4) is 0 Å². The first kappa shape index (κ1) is 7.65. The van der Waals surface area contributed by atoms with Gasteiger partial charge < -0.3 is 10.6 Å². The van der Waals surface area contributed by atoms with Crippen LogP contribution in [-0.2, 0) is 4.79 Å². The highest BCUT2D eigenvalue weighted by Gasteiger charge is 2.25. The molecule has 3 nitrogen and oxygen atoms in total. The predicted octanol–water partition coefficient (Wildman–Crippen LogP) is 0.880. The Morgan fingerprint density at radius 2 is 2.00 bits per heavy atom. The van der Waals surface area contributed by atoms with E-state index in [1.807, 2.05) is 6.92 Å². The number of nitrogens with one attached hydrogen (secondary N) is 2. The Labute approximate surface area is 72.2 Å².